The average molecular weight is 313 g/mol. The lowest BCUT2D eigenvalue weighted by atomic mass is 10.2. The van der Waals surface area contributed by atoms with Gasteiger partial charge in [-0.05, 0) is 64.1 Å². The van der Waals surface area contributed by atoms with Gasteiger partial charge in [0.25, 0.3) is 5.91 Å². The number of nitrogens with zero attached hydrogens (tertiary/aromatic N) is 1. The van der Waals surface area contributed by atoms with Crippen LogP contribution in [0.2, 0.25) is 0 Å². The Hall–Kier alpha value is -2.56. The highest BCUT2D eigenvalue weighted by molar-refractivity contribution is 6.04. The Balaban J connectivity index is 1.98. The Morgan fingerprint density at radius 2 is 1.74 bits per heavy atom. The van der Waals surface area contributed by atoms with E-state index in [-0.39, 0.29) is 12.0 Å². The minimum atomic E-state index is -0.174. The number of carbonyl (C=O) groups excluding carboxylic acids is 1. The molecule has 23 heavy (non-hydrogen) atoms. The van der Waals surface area contributed by atoms with Gasteiger partial charge in [-0.2, -0.15) is 0 Å². The molecule has 0 aliphatic rings. The van der Waals surface area contributed by atoms with Crippen LogP contribution in [0.4, 0.5) is 11.5 Å². The zero-order valence-corrected chi connectivity index (χ0v) is 14.0. The van der Waals surface area contributed by atoms with Crippen LogP contribution in [0.1, 0.15) is 38.1 Å². The van der Waals surface area contributed by atoms with Crippen molar-refractivity contribution in [1.82, 2.24) is 4.98 Å². The van der Waals surface area contributed by atoms with Crippen molar-refractivity contribution in [2.45, 2.75) is 39.8 Å². The predicted octanol–water partition coefficient (Wildman–Crippen LogP) is 3.94. The van der Waals surface area contributed by atoms with Crippen LogP contribution < -0.4 is 15.4 Å². The number of rotatable bonds is 6. The third kappa shape index (κ3) is 5.29. The fourth-order valence-corrected chi connectivity index (χ4v) is 2.01. The van der Waals surface area contributed by atoms with E-state index in [9.17, 15) is 4.79 Å². The Kier molecular flexibility index (Phi) is 5.57. The highest BCUT2D eigenvalue weighted by Crippen LogP contribution is 2.16. The summed E-state index contributed by atoms with van der Waals surface area (Å²) in [6, 6.07) is 11.1. The molecule has 1 aromatic carbocycles. The summed E-state index contributed by atoms with van der Waals surface area (Å²) in [4.78, 5) is 16.5. The zero-order chi connectivity index (χ0) is 16.8. The van der Waals surface area contributed by atoms with Crippen molar-refractivity contribution < 1.29 is 9.53 Å². The molecule has 0 radical (unpaired) electrons. The SMILES string of the molecule is CC(C)Nc1ccc(NC(=O)c2ccc(OC(C)C)cc2)cn1. The van der Waals surface area contributed by atoms with E-state index in [2.05, 4.69) is 15.6 Å². The number of nitrogens with one attached hydrogen (secondary N) is 2. The molecular weight excluding hydrogens is 290 g/mol. The van der Waals surface area contributed by atoms with Crippen molar-refractivity contribution >= 4 is 17.4 Å². The maximum atomic E-state index is 12.2. The van der Waals surface area contributed by atoms with Gasteiger partial charge in [-0.15, -0.1) is 0 Å². The molecule has 5 nitrogen and oxygen atoms in total. The Bertz CT molecular complexity index is 634. The summed E-state index contributed by atoms with van der Waals surface area (Å²) >= 11 is 0. The molecule has 1 heterocycles. The second kappa shape index (κ2) is 7.63. The summed E-state index contributed by atoms with van der Waals surface area (Å²) in [6.07, 6.45) is 1.75. The lowest BCUT2D eigenvalue weighted by molar-refractivity contribution is 0.102. The molecular formula is C18H23N3O2. The van der Waals surface area contributed by atoms with Crippen LogP contribution in [0.5, 0.6) is 5.75 Å². The van der Waals surface area contributed by atoms with Crippen LogP contribution in [-0.2, 0) is 0 Å². The summed E-state index contributed by atoms with van der Waals surface area (Å²) in [7, 11) is 0. The van der Waals surface area contributed by atoms with Gasteiger partial charge in [-0.3, -0.25) is 4.79 Å². The standard InChI is InChI=1S/C18H23N3O2/c1-12(2)20-17-10-7-15(11-19-17)21-18(22)14-5-8-16(9-6-14)23-13(3)4/h5-13H,1-4H3,(H,19,20)(H,21,22). The average Bonchev–Trinajstić information content (AvgIpc) is 2.49. The molecule has 0 aliphatic heterocycles. The second-order valence-electron chi connectivity index (χ2n) is 5.88. The first-order valence-electron chi connectivity index (χ1n) is 7.74. The highest BCUT2D eigenvalue weighted by atomic mass is 16.5. The molecule has 0 spiro atoms. The molecule has 122 valence electrons. The van der Waals surface area contributed by atoms with Crippen molar-refractivity contribution in [3.63, 3.8) is 0 Å². The summed E-state index contributed by atoms with van der Waals surface area (Å²) in [5.41, 5.74) is 1.23. The molecule has 0 bridgehead atoms. The quantitative estimate of drug-likeness (QED) is 0.848. The van der Waals surface area contributed by atoms with Crippen LogP contribution in [0.3, 0.4) is 0 Å². The lowest BCUT2D eigenvalue weighted by Gasteiger charge is -2.11. The van der Waals surface area contributed by atoms with Crippen LogP contribution in [0.15, 0.2) is 42.6 Å². The van der Waals surface area contributed by atoms with Gasteiger partial charge in [0, 0.05) is 11.6 Å². The fourth-order valence-electron chi connectivity index (χ4n) is 2.01. The minimum Gasteiger partial charge on any atom is -0.491 e. The number of hydrogen-bond acceptors (Lipinski definition) is 4. The van der Waals surface area contributed by atoms with Crippen LogP contribution in [-0.4, -0.2) is 23.0 Å². The van der Waals surface area contributed by atoms with Crippen molar-refractivity contribution in [2.24, 2.45) is 0 Å². The van der Waals surface area contributed by atoms with Gasteiger partial charge >= 0.3 is 0 Å². The number of anilines is 2. The van der Waals surface area contributed by atoms with Gasteiger partial charge in [0.05, 0.1) is 18.0 Å². The molecule has 0 aliphatic carbocycles. The topological polar surface area (TPSA) is 63.2 Å². The normalized spacial score (nSPS) is 10.7. The molecule has 2 N–H and O–H groups in total. The molecule has 0 fully saturated rings. The first-order valence-corrected chi connectivity index (χ1v) is 7.74. The molecule has 0 saturated heterocycles. The van der Waals surface area contributed by atoms with E-state index in [0.29, 0.717) is 17.3 Å². The summed E-state index contributed by atoms with van der Waals surface area (Å²) in [5.74, 6) is 1.36. The van der Waals surface area contributed by atoms with Crippen molar-refractivity contribution in [1.29, 1.82) is 0 Å². The molecule has 2 aromatic rings. The van der Waals surface area contributed by atoms with Crippen molar-refractivity contribution in [2.75, 3.05) is 10.6 Å². The molecule has 0 atom stereocenters. The number of aromatic nitrogens is 1. The first-order chi connectivity index (χ1) is 10.9. The van der Waals surface area contributed by atoms with Crippen LogP contribution in [0, 0.1) is 0 Å². The van der Waals surface area contributed by atoms with Gasteiger partial charge in [-0.1, -0.05) is 0 Å². The Labute approximate surface area is 137 Å². The van der Waals surface area contributed by atoms with E-state index in [1.165, 1.54) is 0 Å². The van der Waals surface area contributed by atoms with Crippen molar-refractivity contribution in [3.05, 3.63) is 48.2 Å². The van der Waals surface area contributed by atoms with E-state index in [0.717, 1.165) is 11.6 Å². The van der Waals surface area contributed by atoms with Crippen molar-refractivity contribution in [3.8, 4) is 5.75 Å². The fraction of sp³-hybridized carbons (Fsp3) is 0.333. The monoisotopic (exact) mass is 313 g/mol. The third-order valence-electron chi connectivity index (χ3n) is 2.95. The minimum absolute atomic E-state index is 0.110. The number of amides is 1. The maximum Gasteiger partial charge on any atom is 0.255 e. The number of carbonyl (C=O) groups is 1. The summed E-state index contributed by atoms with van der Waals surface area (Å²) in [6.45, 7) is 8.02. The number of benzene rings is 1. The number of ether oxygens (including phenoxy) is 1. The van der Waals surface area contributed by atoms with Crippen LogP contribution >= 0.6 is 0 Å². The van der Waals surface area contributed by atoms with E-state index in [1.807, 2.05) is 39.8 Å². The van der Waals surface area contributed by atoms with E-state index < -0.39 is 0 Å². The predicted molar refractivity (Wildman–Crippen MR) is 93.2 cm³/mol. The van der Waals surface area contributed by atoms with Gasteiger partial charge in [0.1, 0.15) is 11.6 Å². The molecule has 1 amide bonds. The zero-order valence-electron chi connectivity index (χ0n) is 14.0. The first kappa shape index (κ1) is 16.8. The Morgan fingerprint density at radius 3 is 2.26 bits per heavy atom. The van der Waals surface area contributed by atoms with Gasteiger partial charge in [-0.25, -0.2) is 4.98 Å². The highest BCUT2D eigenvalue weighted by Gasteiger charge is 2.07. The van der Waals surface area contributed by atoms with Crippen LogP contribution in [0.25, 0.3) is 0 Å². The second-order valence-corrected chi connectivity index (χ2v) is 5.88. The summed E-state index contributed by atoms with van der Waals surface area (Å²) in [5, 5.41) is 6.03. The van der Waals surface area contributed by atoms with Gasteiger partial charge < -0.3 is 15.4 Å². The molecule has 2 rings (SSSR count). The van der Waals surface area contributed by atoms with E-state index in [4.69, 9.17) is 4.74 Å². The number of pyridine rings is 1. The number of hydrogen-bond donors (Lipinski definition) is 2. The molecule has 5 heteroatoms. The molecule has 1 aromatic heterocycles. The largest absolute Gasteiger partial charge is 0.491 e. The summed E-state index contributed by atoms with van der Waals surface area (Å²) < 4.78 is 5.56. The van der Waals surface area contributed by atoms with E-state index >= 15 is 0 Å². The van der Waals surface area contributed by atoms with Gasteiger partial charge in [0.2, 0.25) is 0 Å². The molecule has 0 unspecified atom stereocenters. The van der Waals surface area contributed by atoms with Gasteiger partial charge in [0.15, 0.2) is 0 Å². The smallest absolute Gasteiger partial charge is 0.255 e. The molecule has 0 saturated carbocycles. The van der Waals surface area contributed by atoms with E-state index in [1.54, 1.807) is 30.5 Å². The lowest BCUT2D eigenvalue weighted by Crippen LogP contribution is -2.13. The maximum absolute atomic E-state index is 12.2. The Morgan fingerprint density at radius 1 is 1.04 bits per heavy atom. The third-order valence-corrected chi connectivity index (χ3v) is 2.95.